The van der Waals surface area contributed by atoms with Crippen molar-refractivity contribution in [3.63, 3.8) is 0 Å². The Morgan fingerprint density at radius 1 is 1.00 bits per heavy atom. The highest BCUT2D eigenvalue weighted by Crippen LogP contribution is 2.17. The summed E-state index contributed by atoms with van der Waals surface area (Å²) in [6.07, 6.45) is 0.700. The lowest BCUT2D eigenvalue weighted by molar-refractivity contribution is -0.116. The van der Waals surface area contributed by atoms with Crippen LogP contribution < -0.4 is 15.4 Å². The van der Waals surface area contributed by atoms with Crippen molar-refractivity contribution in [2.24, 2.45) is 0 Å². The van der Waals surface area contributed by atoms with Gasteiger partial charge in [-0.2, -0.15) is 0 Å². The summed E-state index contributed by atoms with van der Waals surface area (Å²) in [6, 6.07) is 16.8. The van der Waals surface area contributed by atoms with Gasteiger partial charge in [0.1, 0.15) is 11.8 Å². The Balaban J connectivity index is 1.97. The van der Waals surface area contributed by atoms with Crippen LogP contribution in [0.5, 0.6) is 5.75 Å². The van der Waals surface area contributed by atoms with Gasteiger partial charge in [-0.1, -0.05) is 25.1 Å². The van der Waals surface area contributed by atoms with Crippen molar-refractivity contribution in [2.75, 3.05) is 17.2 Å². The van der Waals surface area contributed by atoms with E-state index in [9.17, 15) is 4.79 Å². The van der Waals surface area contributed by atoms with E-state index < -0.39 is 0 Å². The first-order valence-corrected chi connectivity index (χ1v) is 7.58. The summed E-state index contributed by atoms with van der Waals surface area (Å²) in [5.41, 5.74) is 1.71. The minimum absolute atomic E-state index is 0.0393. The third kappa shape index (κ3) is 4.52. The topological polar surface area (TPSA) is 50.4 Å². The van der Waals surface area contributed by atoms with E-state index in [-0.39, 0.29) is 11.9 Å². The molecule has 2 N–H and O–H groups in total. The molecule has 22 heavy (non-hydrogen) atoms. The predicted molar refractivity (Wildman–Crippen MR) is 90.4 cm³/mol. The van der Waals surface area contributed by atoms with Crippen LogP contribution in [0, 0.1) is 0 Å². The maximum absolute atomic E-state index is 12.3. The van der Waals surface area contributed by atoms with Crippen molar-refractivity contribution in [1.82, 2.24) is 0 Å². The minimum atomic E-state index is -0.279. The van der Waals surface area contributed by atoms with E-state index in [1.807, 2.05) is 68.4 Å². The number of nitrogens with one attached hydrogen (secondary N) is 2. The summed E-state index contributed by atoms with van der Waals surface area (Å²) in [4.78, 5) is 12.3. The predicted octanol–water partition coefficient (Wildman–Crippen LogP) is 3.91. The Kier molecular flexibility index (Phi) is 5.83. The molecule has 2 rings (SSSR count). The average Bonchev–Trinajstić information content (AvgIpc) is 2.55. The highest BCUT2D eigenvalue weighted by molar-refractivity contribution is 5.96. The summed E-state index contributed by atoms with van der Waals surface area (Å²) >= 11 is 0. The molecule has 4 nitrogen and oxygen atoms in total. The first kappa shape index (κ1) is 15.9. The minimum Gasteiger partial charge on any atom is -0.494 e. The van der Waals surface area contributed by atoms with Crippen LogP contribution in [0.15, 0.2) is 54.6 Å². The third-order valence-corrected chi connectivity index (χ3v) is 3.27. The van der Waals surface area contributed by atoms with Gasteiger partial charge in [0.2, 0.25) is 5.91 Å². The SMILES string of the molecule is CCOc1ccc(N[C@H](CC)C(=O)Nc2ccccc2)cc1. The first-order chi connectivity index (χ1) is 10.7. The monoisotopic (exact) mass is 298 g/mol. The number of para-hydroxylation sites is 1. The Bertz CT molecular complexity index is 582. The van der Waals surface area contributed by atoms with Crippen molar-refractivity contribution >= 4 is 17.3 Å². The van der Waals surface area contributed by atoms with Crippen LogP contribution >= 0.6 is 0 Å². The van der Waals surface area contributed by atoms with Crippen molar-refractivity contribution in [3.8, 4) is 5.75 Å². The molecule has 0 fully saturated rings. The molecule has 0 saturated heterocycles. The number of carbonyl (C=O) groups is 1. The summed E-state index contributed by atoms with van der Waals surface area (Å²) in [5.74, 6) is 0.789. The van der Waals surface area contributed by atoms with Gasteiger partial charge in [-0.15, -0.1) is 0 Å². The molecule has 2 aromatic carbocycles. The molecule has 1 atom stereocenters. The Hall–Kier alpha value is -2.49. The molecule has 0 aliphatic carbocycles. The molecule has 0 unspecified atom stereocenters. The maximum Gasteiger partial charge on any atom is 0.246 e. The second kappa shape index (κ2) is 8.08. The number of ether oxygens (including phenoxy) is 1. The molecule has 4 heteroatoms. The second-order valence-corrected chi connectivity index (χ2v) is 4.92. The van der Waals surface area contributed by atoms with E-state index in [1.54, 1.807) is 0 Å². The summed E-state index contributed by atoms with van der Waals surface area (Å²) < 4.78 is 5.41. The molecule has 0 saturated carbocycles. The van der Waals surface area contributed by atoms with E-state index >= 15 is 0 Å². The molecule has 0 radical (unpaired) electrons. The van der Waals surface area contributed by atoms with Gasteiger partial charge in [-0.05, 0) is 49.7 Å². The molecule has 0 heterocycles. The smallest absolute Gasteiger partial charge is 0.246 e. The van der Waals surface area contributed by atoms with Gasteiger partial charge in [0.05, 0.1) is 6.61 Å². The molecule has 116 valence electrons. The van der Waals surface area contributed by atoms with E-state index in [2.05, 4.69) is 10.6 Å². The number of anilines is 2. The lowest BCUT2D eigenvalue weighted by Gasteiger charge is -2.18. The van der Waals surface area contributed by atoms with Gasteiger partial charge >= 0.3 is 0 Å². The number of hydrogen-bond acceptors (Lipinski definition) is 3. The van der Waals surface area contributed by atoms with E-state index in [1.165, 1.54) is 0 Å². The van der Waals surface area contributed by atoms with E-state index in [0.717, 1.165) is 17.1 Å². The quantitative estimate of drug-likeness (QED) is 0.814. The molecule has 2 aromatic rings. The normalized spacial score (nSPS) is 11.5. The van der Waals surface area contributed by atoms with Crippen LogP contribution in [0.2, 0.25) is 0 Å². The van der Waals surface area contributed by atoms with Crippen LogP contribution in [0.3, 0.4) is 0 Å². The second-order valence-electron chi connectivity index (χ2n) is 4.92. The van der Waals surface area contributed by atoms with Crippen molar-refractivity contribution < 1.29 is 9.53 Å². The fourth-order valence-corrected chi connectivity index (χ4v) is 2.12. The average molecular weight is 298 g/mol. The van der Waals surface area contributed by atoms with Crippen LogP contribution in [0.4, 0.5) is 11.4 Å². The number of carbonyl (C=O) groups excluding carboxylic acids is 1. The Morgan fingerprint density at radius 2 is 1.68 bits per heavy atom. The van der Waals surface area contributed by atoms with Crippen molar-refractivity contribution in [3.05, 3.63) is 54.6 Å². The lowest BCUT2D eigenvalue weighted by atomic mass is 10.2. The zero-order valence-corrected chi connectivity index (χ0v) is 13.0. The Labute approximate surface area is 131 Å². The molecular weight excluding hydrogens is 276 g/mol. The molecule has 0 bridgehead atoms. The van der Waals surface area contributed by atoms with Gasteiger partial charge in [-0.3, -0.25) is 4.79 Å². The maximum atomic E-state index is 12.3. The van der Waals surface area contributed by atoms with Crippen LogP contribution in [-0.2, 0) is 4.79 Å². The van der Waals surface area contributed by atoms with Crippen LogP contribution in [0.25, 0.3) is 0 Å². The van der Waals surface area contributed by atoms with Gasteiger partial charge in [0.15, 0.2) is 0 Å². The Morgan fingerprint density at radius 3 is 2.27 bits per heavy atom. The highest BCUT2D eigenvalue weighted by atomic mass is 16.5. The van der Waals surface area contributed by atoms with Gasteiger partial charge in [0.25, 0.3) is 0 Å². The number of hydrogen-bond donors (Lipinski definition) is 2. The fourth-order valence-electron chi connectivity index (χ4n) is 2.12. The van der Waals surface area contributed by atoms with Gasteiger partial charge in [0, 0.05) is 11.4 Å². The zero-order chi connectivity index (χ0) is 15.8. The lowest BCUT2D eigenvalue weighted by Crippen LogP contribution is -2.34. The van der Waals surface area contributed by atoms with E-state index in [0.29, 0.717) is 13.0 Å². The van der Waals surface area contributed by atoms with E-state index in [4.69, 9.17) is 4.74 Å². The third-order valence-electron chi connectivity index (χ3n) is 3.27. The summed E-state index contributed by atoms with van der Waals surface area (Å²) in [7, 11) is 0. The summed E-state index contributed by atoms with van der Waals surface area (Å²) in [5, 5.41) is 6.17. The fraction of sp³-hybridized carbons (Fsp3) is 0.278. The van der Waals surface area contributed by atoms with Crippen molar-refractivity contribution in [2.45, 2.75) is 26.3 Å². The molecule has 1 amide bonds. The van der Waals surface area contributed by atoms with Crippen LogP contribution in [0.1, 0.15) is 20.3 Å². The largest absolute Gasteiger partial charge is 0.494 e. The van der Waals surface area contributed by atoms with Gasteiger partial charge in [-0.25, -0.2) is 0 Å². The first-order valence-electron chi connectivity index (χ1n) is 7.58. The number of rotatable bonds is 7. The number of amides is 1. The standard InChI is InChI=1S/C18H22N2O2/c1-3-17(18(21)20-14-8-6-5-7-9-14)19-15-10-12-16(13-11-15)22-4-2/h5-13,17,19H,3-4H2,1-2H3,(H,20,21)/t17-/m1/s1. The summed E-state index contributed by atoms with van der Waals surface area (Å²) in [6.45, 7) is 4.58. The zero-order valence-electron chi connectivity index (χ0n) is 13.0. The molecule has 0 aliphatic heterocycles. The van der Waals surface area contributed by atoms with Crippen LogP contribution in [-0.4, -0.2) is 18.6 Å². The highest BCUT2D eigenvalue weighted by Gasteiger charge is 2.16. The molecule has 0 aromatic heterocycles. The molecule has 0 aliphatic rings. The van der Waals surface area contributed by atoms with Gasteiger partial charge < -0.3 is 15.4 Å². The van der Waals surface area contributed by atoms with Crippen molar-refractivity contribution in [1.29, 1.82) is 0 Å². The number of benzene rings is 2. The molecule has 0 spiro atoms. The molecular formula is C18H22N2O2.